The van der Waals surface area contributed by atoms with E-state index in [2.05, 4.69) is 58.9 Å². The molecular weight excluding hydrogens is 352 g/mol. The third-order valence-corrected chi connectivity index (χ3v) is 4.68. The quantitative estimate of drug-likeness (QED) is 0.438. The number of aryl methyl sites for hydroxylation is 1. The standard InChI is InChI=1S/C22H30N4O2/c1-23-22(24-14-6-7-17-10-12-18(13-11-17)26(2)3)25-15-19-16-27-20-8-4-5-9-21(20)28-19/h4-5,8-13,19H,6-7,14-16H2,1-3H3,(H2,23,24,25). The molecule has 0 amide bonds. The van der Waals surface area contributed by atoms with Gasteiger partial charge in [0.15, 0.2) is 17.5 Å². The first kappa shape index (κ1) is 19.9. The average molecular weight is 383 g/mol. The maximum absolute atomic E-state index is 5.96. The van der Waals surface area contributed by atoms with Crippen LogP contribution in [0.25, 0.3) is 0 Å². The molecule has 28 heavy (non-hydrogen) atoms. The fourth-order valence-electron chi connectivity index (χ4n) is 3.05. The van der Waals surface area contributed by atoms with Crippen molar-refractivity contribution >= 4 is 11.6 Å². The van der Waals surface area contributed by atoms with Crippen LogP contribution >= 0.6 is 0 Å². The maximum atomic E-state index is 5.96. The third-order valence-electron chi connectivity index (χ3n) is 4.68. The number of hydrogen-bond donors (Lipinski definition) is 2. The van der Waals surface area contributed by atoms with Gasteiger partial charge in [-0.3, -0.25) is 4.99 Å². The fraction of sp³-hybridized carbons (Fsp3) is 0.409. The molecule has 0 radical (unpaired) electrons. The third kappa shape index (κ3) is 5.55. The Balaban J connectivity index is 1.36. The number of rotatable bonds is 7. The second kappa shape index (κ2) is 9.88. The van der Waals surface area contributed by atoms with Crippen molar-refractivity contribution in [1.82, 2.24) is 10.6 Å². The molecule has 0 saturated carbocycles. The van der Waals surface area contributed by atoms with Crippen molar-refractivity contribution in [2.75, 3.05) is 45.7 Å². The number of fused-ring (bicyclic) bond motifs is 1. The van der Waals surface area contributed by atoms with Crippen molar-refractivity contribution in [1.29, 1.82) is 0 Å². The number of nitrogens with one attached hydrogen (secondary N) is 2. The molecule has 1 aliphatic rings. The van der Waals surface area contributed by atoms with Gasteiger partial charge in [-0.15, -0.1) is 0 Å². The highest BCUT2D eigenvalue weighted by molar-refractivity contribution is 5.79. The normalized spacial score (nSPS) is 15.8. The Hall–Kier alpha value is -2.89. The topological polar surface area (TPSA) is 58.1 Å². The van der Waals surface area contributed by atoms with E-state index in [0.29, 0.717) is 13.2 Å². The van der Waals surface area contributed by atoms with Crippen LogP contribution in [0, 0.1) is 0 Å². The van der Waals surface area contributed by atoms with Gasteiger partial charge in [0.1, 0.15) is 12.7 Å². The Labute approximate surface area is 167 Å². The molecule has 1 atom stereocenters. The molecule has 1 heterocycles. The molecule has 6 heteroatoms. The van der Waals surface area contributed by atoms with Crippen molar-refractivity contribution in [2.24, 2.45) is 4.99 Å². The van der Waals surface area contributed by atoms with Crippen LogP contribution in [0.2, 0.25) is 0 Å². The van der Waals surface area contributed by atoms with Crippen LogP contribution in [0.3, 0.4) is 0 Å². The summed E-state index contributed by atoms with van der Waals surface area (Å²) in [4.78, 5) is 6.40. The molecule has 0 bridgehead atoms. The van der Waals surface area contributed by atoms with Gasteiger partial charge in [0.05, 0.1) is 6.54 Å². The predicted octanol–water partition coefficient (Wildman–Crippen LogP) is 2.69. The van der Waals surface area contributed by atoms with Gasteiger partial charge in [0, 0.05) is 33.4 Å². The summed E-state index contributed by atoms with van der Waals surface area (Å²) in [6, 6.07) is 16.5. The SMILES string of the molecule is CN=C(NCCCc1ccc(N(C)C)cc1)NCC1COc2ccccc2O1. The summed E-state index contributed by atoms with van der Waals surface area (Å²) in [5.74, 6) is 2.38. The summed E-state index contributed by atoms with van der Waals surface area (Å²) in [6.07, 6.45) is 2.04. The van der Waals surface area contributed by atoms with Crippen molar-refractivity contribution in [3.63, 3.8) is 0 Å². The number of guanidine groups is 1. The highest BCUT2D eigenvalue weighted by Gasteiger charge is 2.20. The second-order valence-corrected chi connectivity index (χ2v) is 7.04. The molecule has 150 valence electrons. The predicted molar refractivity (Wildman–Crippen MR) is 115 cm³/mol. The summed E-state index contributed by atoms with van der Waals surface area (Å²) >= 11 is 0. The molecule has 0 aromatic heterocycles. The highest BCUT2D eigenvalue weighted by Crippen LogP contribution is 2.30. The van der Waals surface area contributed by atoms with Gasteiger partial charge in [-0.05, 0) is 42.7 Å². The average Bonchev–Trinajstić information content (AvgIpc) is 2.73. The minimum atomic E-state index is -0.0383. The minimum Gasteiger partial charge on any atom is -0.486 e. The van der Waals surface area contributed by atoms with Gasteiger partial charge in [-0.1, -0.05) is 24.3 Å². The van der Waals surface area contributed by atoms with Crippen LogP contribution < -0.4 is 25.0 Å². The molecule has 2 N–H and O–H groups in total. The van der Waals surface area contributed by atoms with Crippen LogP contribution in [-0.4, -0.2) is 52.9 Å². The zero-order valence-electron chi connectivity index (χ0n) is 16.9. The molecule has 1 aliphatic heterocycles. The van der Waals surface area contributed by atoms with Gasteiger partial charge in [-0.25, -0.2) is 0 Å². The van der Waals surface area contributed by atoms with E-state index >= 15 is 0 Å². The fourth-order valence-corrected chi connectivity index (χ4v) is 3.05. The summed E-state index contributed by atoms with van der Waals surface area (Å²) < 4.78 is 11.7. The summed E-state index contributed by atoms with van der Waals surface area (Å²) in [5.41, 5.74) is 2.57. The molecule has 0 aliphatic carbocycles. The molecule has 3 rings (SSSR count). The van der Waals surface area contributed by atoms with Crippen LogP contribution in [-0.2, 0) is 6.42 Å². The lowest BCUT2D eigenvalue weighted by Gasteiger charge is -2.27. The Morgan fingerprint density at radius 2 is 1.82 bits per heavy atom. The number of hydrogen-bond acceptors (Lipinski definition) is 4. The molecular formula is C22H30N4O2. The molecule has 6 nitrogen and oxygen atoms in total. The Morgan fingerprint density at radius 3 is 2.54 bits per heavy atom. The lowest BCUT2D eigenvalue weighted by atomic mass is 10.1. The number of para-hydroxylation sites is 2. The molecule has 1 unspecified atom stereocenters. The van der Waals surface area contributed by atoms with Gasteiger partial charge >= 0.3 is 0 Å². The Bertz CT molecular complexity index is 774. The monoisotopic (exact) mass is 382 g/mol. The largest absolute Gasteiger partial charge is 0.486 e. The van der Waals surface area contributed by atoms with E-state index in [1.165, 1.54) is 11.3 Å². The summed E-state index contributed by atoms with van der Waals surface area (Å²) in [6.45, 7) is 2.03. The number of nitrogens with zero attached hydrogens (tertiary/aromatic N) is 2. The van der Waals surface area contributed by atoms with Gasteiger partial charge in [0.2, 0.25) is 0 Å². The van der Waals surface area contributed by atoms with Crippen LogP contribution in [0.1, 0.15) is 12.0 Å². The van der Waals surface area contributed by atoms with Crippen molar-refractivity contribution in [2.45, 2.75) is 18.9 Å². The molecule has 0 saturated heterocycles. The highest BCUT2D eigenvalue weighted by atomic mass is 16.6. The number of aliphatic imine (C=N–C) groups is 1. The minimum absolute atomic E-state index is 0.0383. The number of anilines is 1. The van der Waals surface area contributed by atoms with Crippen LogP contribution in [0.4, 0.5) is 5.69 Å². The van der Waals surface area contributed by atoms with E-state index in [0.717, 1.165) is 36.8 Å². The van der Waals surface area contributed by atoms with E-state index in [4.69, 9.17) is 9.47 Å². The molecule has 0 fully saturated rings. The number of ether oxygens (including phenoxy) is 2. The molecule has 0 spiro atoms. The first-order valence-corrected chi connectivity index (χ1v) is 9.75. The van der Waals surface area contributed by atoms with Crippen molar-refractivity contribution < 1.29 is 9.47 Å². The van der Waals surface area contributed by atoms with E-state index in [-0.39, 0.29) is 6.10 Å². The van der Waals surface area contributed by atoms with E-state index in [1.54, 1.807) is 7.05 Å². The van der Waals surface area contributed by atoms with Gasteiger partial charge in [-0.2, -0.15) is 0 Å². The summed E-state index contributed by atoms with van der Waals surface area (Å²) in [7, 11) is 5.89. The molecule has 2 aromatic rings. The van der Waals surface area contributed by atoms with Crippen molar-refractivity contribution in [3.8, 4) is 11.5 Å². The van der Waals surface area contributed by atoms with E-state index in [1.807, 2.05) is 24.3 Å². The maximum Gasteiger partial charge on any atom is 0.191 e. The second-order valence-electron chi connectivity index (χ2n) is 7.04. The Morgan fingerprint density at radius 1 is 1.07 bits per heavy atom. The lowest BCUT2D eigenvalue weighted by molar-refractivity contribution is 0.0936. The van der Waals surface area contributed by atoms with E-state index in [9.17, 15) is 0 Å². The van der Waals surface area contributed by atoms with Crippen molar-refractivity contribution in [3.05, 3.63) is 54.1 Å². The zero-order valence-corrected chi connectivity index (χ0v) is 16.9. The first-order valence-electron chi connectivity index (χ1n) is 9.75. The van der Waals surface area contributed by atoms with Crippen LogP contribution in [0.15, 0.2) is 53.5 Å². The lowest BCUT2D eigenvalue weighted by Crippen LogP contribution is -2.45. The number of benzene rings is 2. The Kier molecular flexibility index (Phi) is 7.00. The summed E-state index contributed by atoms with van der Waals surface area (Å²) in [5, 5.41) is 6.68. The zero-order chi connectivity index (χ0) is 19.8. The van der Waals surface area contributed by atoms with Gasteiger partial charge < -0.3 is 25.0 Å². The van der Waals surface area contributed by atoms with Crippen LogP contribution in [0.5, 0.6) is 11.5 Å². The van der Waals surface area contributed by atoms with Gasteiger partial charge in [0.25, 0.3) is 0 Å². The smallest absolute Gasteiger partial charge is 0.191 e. The molecule has 2 aromatic carbocycles. The first-order chi connectivity index (χ1) is 13.7. The van der Waals surface area contributed by atoms with E-state index < -0.39 is 0 Å².